The Balaban J connectivity index is 1.43. The molecule has 4 rings (SSSR count). The van der Waals surface area contributed by atoms with Crippen molar-refractivity contribution in [2.75, 3.05) is 0 Å². The number of aryl methyl sites for hydroxylation is 1. The summed E-state index contributed by atoms with van der Waals surface area (Å²) in [5.74, 6) is 1.56. The first-order valence-electron chi connectivity index (χ1n) is 10.7. The van der Waals surface area contributed by atoms with Crippen molar-refractivity contribution in [2.45, 2.75) is 44.1 Å². The Kier molecular flexibility index (Phi) is 6.92. The van der Waals surface area contributed by atoms with E-state index in [1.54, 1.807) is 38.2 Å². The summed E-state index contributed by atoms with van der Waals surface area (Å²) in [7, 11) is 0. The minimum atomic E-state index is -4.38. The van der Waals surface area contributed by atoms with E-state index in [9.17, 15) is 23.1 Å². The van der Waals surface area contributed by atoms with Crippen molar-refractivity contribution in [1.82, 2.24) is 0 Å². The summed E-state index contributed by atoms with van der Waals surface area (Å²) in [5.41, 5.74) is 0.658. The summed E-state index contributed by atoms with van der Waals surface area (Å²) in [4.78, 5) is 12.4. The number of carboxylic acids is 1. The molecule has 0 amide bonds. The second-order valence-electron chi connectivity index (χ2n) is 8.57. The van der Waals surface area contributed by atoms with Gasteiger partial charge in [0.1, 0.15) is 28.6 Å². The molecule has 184 valence electrons. The maximum absolute atomic E-state index is 12.8. The van der Waals surface area contributed by atoms with Gasteiger partial charge in [-0.2, -0.15) is 13.2 Å². The molecular weight excluding hydrogens is 497 g/mol. The molecule has 2 aromatic heterocycles. The zero-order valence-electron chi connectivity index (χ0n) is 19.2. The molecule has 0 aliphatic carbocycles. The van der Waals surface area contributed by atoms with Gasteiger partial charge in [-0.05, 0) is 68.6 Å². The SMILES string of the molecule is Cc1oc(-c2ccc(C(F)(F)F)cc2)cc1COc1ccc2sc(CSC(C)(C)C(=O)O)cc2c1. The van der Waals surface area contributed by atoms with Gasteiger partial charge in [0, 0.05) is 26.5 Å². The van der Waals surface area contributed by atoms with E-state index in [1.807, 2.05) is 24.3 Å². The molecule has 0 atom stereocenters. The van der Waals surface area contributed by atoms with Crippen LogP contribution in [0.3, 0.4) is 0 Å². The highest BCUT2D eigenvalue weighted by atomic mass is 32.2. The van der Waals surface area contributed by atoms with E-state index in [0.717, 1.165) is 32.7 Å². The van der Waals surface area contributed by atoms with Crippen LogP contribution in [0.5, 0.6) is 5.75 Å². The second kappa shape index (κ2) is 9.62. The van der Waals surface area contributed by atoms with Gasteiger partial charge in [0.2, 0.25) is 0 Å². The van der Waals surface area contributed by atoms with Crippen LogP contribution in [0.4, 0.5) is 13.2 Å². The molecule has 0 bridgehead atoms. The summed E-state index contributed by atoms with van der Waals surface area (Å²) in [6.07, 6.45) is -4.38. The van der Waals surface area contributed by atoms with E-state index in [-0.39, 0.29) is 6.61 Å². The van der Waals surface area contributed by atoms with Gasteiger partial charge in [-0.15, -0.1) is 23.1 Å². The molecule has 0 unspecified atom stereocenters. The van der Waals surface area contributed by atoms with Crippen molar-refractivity contribution in [3.8, 4) is 17.1 Å². The number of alkyl halides is 3. The number of fused-ring (bicyclic) bond motifs is 1. The summed E-state index contributed by atoms with van der Waals surface area (Å²) in [6, 6.07) is 14.5. The number of hydrogen-bond acceptors (Lipinski definition) is 5. The molecule has 0 radical (unpaired) electrons. The highest BCUT2D eigenvalue weighted by molar-refractivity contribution is 8.00. The fraction of sp³-hybridized carbons (Fsp3) is 0.269. The van der Waals surface area contributed by atoms with Crippen LogP contribution in [-0.2, 0) is 23.3 Å². The van der Waals surface area contributed by atoms with Crippen LogP contribution in [0, 0.1) is 6.92 Å². The molecule has 1 N–H and O–H groups in total. The second-order valence-corrected chi connectivity index (χ2v) is 11.3. The summed E-state index contributed by atoms with van der Waals surface area (Å²) < 4.78 is 50.4. The van der Waals surface area contributed by atoms with Crippen LogP contribution in [0.2, 0.25) is 0 Å². The first-order valence-corrected chi connectivity index (χ1v) is 12.5. The lowest BCUT2D eigenvalue weighted by Gasteiger charge is -2.17. The van der Waals surface area contributed by atoms with Crippen LogP contribution < -0.4 is 4.74 Å². The highest BCUT2D eigenvalue weighted by Crippen LogP contribution is 2.36. The van der Waals surface area contributed by atoms with E-state index < -0.39 is 22.5 Å². The minimum Gasteiger partial charge on any atom is -0.489 e. The number of thiophene rings is 1. The van der Waals surface area contributed by atoms with Crippen LogP contribution in [0.25, 0.3) is 21.4 Å². The molecule has 0 spiro atoms. The molecule has 0 aliphatic rings. The fourth-order valence-electron chi connectivity index (χ4n) is 3.34. The van der Waals surface area contributed by atoms with Crippen molar-refractivity contribution < 1.29 is 32.2 Å². The normalized spacial score (nSPS) is 12.3. The van der Waals surface area contributed by atoms with E-state index in [2.05, 4.69) is 0 Å². The third kappa shape index (κ3) is 5.85. The third-order valence-corrected chi connectivity index (χ3v) is 8.19. The number of benzene rings is 2. The summed E-state index contributed by atoms with van der Waals surface area (Å²) in [5, 5.41) is 10.3. The van der Waals surface area contributed by atoms with Crippen molar-refractivity contribution in [2.24, 2.45) is 0 Å². The smallest absolute Gasteiger partial charge is 0.416 e. The topological polar surface area (TPSA) is 59.7 Å². The number of hydrogen-bond donors (Lipinski definition) is 1. The van der Waals surface area contributed by atoms with Crippen molar-refractivity contribution in [3.05, 3.63) is 76.4 Å². The number of carboxylic acid groups (broad SMARTS) is 1. The molecule has 35 heavy (non-hydrogen) atoms. The number of carbonyl (C=O) groups is 1. The molecule has 0 fully saturated rings. The number of halogens is 3. The number of rotatable bonds is 8. The van der Waals surface area contributed by atoms with E-state index in [1.165, 1.54) is 23.9 Å². The predicted octanol–water partition coefficient (Wildman–Crippen LogP) is 8.16. The van der Waals surface area contributed by atoms with Gasteiger partial charge < -0.3 is 14.3 Å². The number of ether oxygens (including phenoxy) is 1. The zero-order chi connectivity index (χ0) is 25.4. The van der Waals surface area contributed by atoms with E-state index in [4.69, 9.17) is 9.15 Å². The van der Waals surface area contributed by atoms with E-state index >= 15 is 0 Å². The molecular formula is C26H23F3O4S2. The lowest BCUT2D eigenvalue weighted by Crippen LogP contribution is -2.27. The maximum atomic E-state index is 12.8. The zero-order valence-corrected chi connectivity index (χ0v) is 20.9. The number of furan rings is 1. The Morgan fingerprint density at radius 3 is 2.46 bits per heavy atom. The lowest BCUT2D eigenvalue weighted by atomic mass is 10.1. The molecule has 2 heterocycles. The lowest BCUT2D eigenvalue weighted by molar-refractivity contribution is -0.139. The standard InChI is InChI=1S/C26H23F3O4S2/c1-15-18(12-22(33-15)16-4-6-19(7-5-16)26(27,28)29)13-32-20-8-9-23-17(10-20)11-21(35-23)14-34-25(2,3)24(30)31/h4-12H,13-14H2,1-3H3,(H,30,31). The van der Waals surface area contributed by atoms with Gasteiger partial charge in [-0.25, -0.2) is 0 Å². The Morgan fingerprint density at radius 2 is 1.80 bits per heavy atom. The van der Waals surface area contributed by atoms with Gasteiger partial charge >= 0.3 is 12.1 Å². The Labute approximate surface area is 208 Å². The predicted molar refractivity (Wildman–Crippen MR) is 133 cm³/mol. The van der Waals surface area contributed by atoms with Gasteiger partial charge in [-0.1, -0.05) is 12.1 Å². The van der Waals surface area contributed by atoms with Crippen LogP contribution in [0.1, 0.15) is 35.6 Å². The van der Waals surface area contributed by atoms with Gasteiger partial charge in [0.05, 0.1) is 5.56 Å². The highest BCUT2D eigenvalue weighted by Gasteiger charge is 2.30. The number of aliphatic carboxylic acids is 1. The quantitative estimate of drug-likeness (QED) is 0.254. The molecule has 0 saturated heterocycles. The van der Waals surface area contributed by atoms with Crippen LogP contribution in [0.15, 0.2) is 59.0 Å². The minimum absolute atomic E-state index is 0.251. The van der Waals surface area contributed by atoms with Gasteiger partial charge in [-0.3, -0.25) is 4.79 Å². The molecule has 4 nitrogen and oxygen atoms in total. The molecule has 0 aliphatic heterocycles. The number of thioether (sulfide) groups is 1. The summed E-state index contributed by atoms with van der Waals surface area (Å²) >= 11 is 3.01. The summed E-state index contributed by atoms with van der Waals surface area (Å²) in [6.45, 7) is 5.43. The first kappa shape index (κ1) is 25.2. The van der Waals surface area contributed by atoms with Crippen molar-refractivity contribution >= 4 is 39.2 Å². The van der Waals surface area contributed by atoms with Gasteiger partial charge in [0.15, 0.2) is 0 Å². The van der Waals surface area contributed by atoms with Crippen molar-refractivity contribution in [1.29, 1.82) is 0 Å². The van der Waals surface area contributed by atoms with Crippen molar-refractivity contribution in [3.63, 3.8) is 0 Å². The molecule has 2 aromatic carbocycles. The third-order valence-electron chi connectivity index (χ3n) is 5.54. The molecule has 4 aromatic rings. The van der Waals surface area contributed by atoms with Gasteiger partial charge in [0.25, 0.3) is 0 Å². The Hall–Kier alpha value is -2.91. The molecule has 9 heteroatoms. The monoisotopic (exact) mass is 520 g/mol. The molecule has 0 saturated carbocycles. The van der Waals surface area contributed by atoms with E-state index in [0.29, 0.717) is 28.6 Å². The Morgan fingerprint density at radius 1 is 1.09 bits per heavy atom. The average Bonchev–Trinajstić information content (AvgIpc) is 3.38. The largest absolute Gasteiger partial charge is 0.489 e. The first-order chi connectivity index (χ1) is 16.4. The maximum Gasteiger partial charge on any atom is 0.416 e. The van der Waals surface area contributed by atoms with Crippen LogP contribution in [-0.4, -0.2) is 15.8 Å². The van der Waals surface area contributed by atoms with Crippen LogP contribution >= 0.6 is 23.1 Å². The fourth-order valence-corrected chi connectivity index (χ4v) is 5.30. The Bertz CT molecular complexity index is 1350. The average molecular weight is 521 g/mol.